The third-order valence-corrected chi connectivity index (χ3v) is 5.11. The minimum absolute atomic E-state index is 0.0271. The number of carbonyl (C=O) groups is 2. The Bertz CT molecular complexity index is 821. The number of piperazine rings is 1. The largest absolute Gasteiger partial charge is 0.497 e. The van der Waals surface area contributed by atoms with Crippen molar-refractivity contribution in [2.75, 3.05) is 31.6 Å². The van der Waals surface area contributed by atoms with Gasteiger partial charge in [0.05, 0.1) is 12.7 Å². The first kappa shape index (κ1) is 20.6. The van der Waals surface area contributed by atoms with Gasteiger partial charge in [-0.2, -0.15) is 0 Å². The Hall–Kier alpha value is -3.09. The lowest BCUT2D eigenvalue weighted by Crippen LogP contribution is -2.55. The second kappa shape index (κ2) is 9.91. The molecule has 3 rings (SSSR count). The molecule has 2 heterocycles. The summed E-state index contributed by atoms with van der Waals surface area (Å²) >= 11 is 0. The maximum atomic E-state index is 12.4. The summed E-state index contributed by atoms with van der Waals surface area (Å²) in [5.41, 5.74) is 1.73. The van der Waals surface area contributed by atoms with Crippen molar-refractivity contribution < 1.29 is 14.3 Å². The van der Waals surface area contributed by atoms with Crippen LogP contribution in [0.15, 0.2) is 42.6 Å². The number of benzene rings is 1. The molecule has 1 aliphatic heterocycles. The molecule has 1 saturated heterocycles. The van der Waals surface area contributed by atoms with Crippen LogP contribution in [0.5, 0.6) is 5.75 Å². The van der Waals surface area contributed by atoms with Gasteiger partial charge >= 0.3 is 0 Å². The van der Waals surface area contributed by atoms with Gasteiger partial charge in [-0.25, -0.2) is 4.98 Å². The van der Waals surface area contributed by atoms with E-state index >= 15 is 0 Å². The molecule has 7 nitrogen and oxygen atoms in total. The van der Waals surface area contributed by atoms with Crippen LogP contribution in [0.3, 0.4) is 0 Å². The van der Waals surface area contributed by atoms with Gasteiger partial charge in [-0.3, -0.25) is 9.59 Å². The second-order valence-corrected chi connectivity index (χ2v) is 7.02. The fraction of sp³-hybridized carbons (Fsp3) is 0.409. The molecule has 29 heavy (non-hydrogen) atoms. The molecule has 0 radical (unpaired) electrons. The summed E-state index contributed by atoms with van der Waals surface area (Å²) in [6, 6.07) is 11.3. The van der Waals surface area contributed by atoms with Gasteiger partial charge in [-0.15, -0.1) is 0 Å². The smallest absolute Gasteiger partial charge is 0.252 e. The molecule has 1 atom stereocenters. The van der Waals surface area contributed by atoms with E-state index in [0.29, 0.717) is 31.6 Å². The first-order valence-corrected chi connectivity index (χ1v) is 10.0. The summed E-state index contributed by atoms with van der Waals surface area (Å²) in [5, 5.41) is 5.82. The molecule has 1 aromatic carbocycles. The molecule has 2 aromatic rings. The lowest BCUT2D eigenvalue weighted by Gasteiger charge is -2.35. The quantitative estimate of drug-likeness (QED) is 0.668. The van der Waals surface area contributed by atoms with Gasteiger partial charge in [0.1, 0.15) is 17.6 Å². The van der Waals surface area contributed by atoms with Crippen molar-refractivity contribution in [3.05, 3.63) is 53.7 Å². The number of ether oxygens (including phenoxy) is 1. The number of anilines is 1. The molecule has 0 bridgehead atoms. The minimum Gasteiger partial charge on any atom is -0.497 e. The fourth-order valence-electron chi connectivity index (χ4n) is 3.47. The van der Waals surface area contributed by atoms with E-state index in [4.69, 9.17) is 4.74 Å². The SMILES string of the molecule is CCC1C(=O)NCCN1c1ccc(C(=O)NCCCc2ccc(OC)cc2)cn1. The molecule has 1 aromatic heterocycles. The number of rotatable bonds is 8. The van der Waals surface area contributed by atoms with Gasteiger partial charge in [0.25, 0.3) is 5.91 Å². The van der Waals surface area contributed by atoms with Gasteiger partial charge in [0.2, 0.25) is 5.91 Å². The van der Waals surface area contributed by atoms with Crippen LogP contribution >= 0.6 is 0 Å². The normalized spacial score (nSPS) is 16.3. The third-order valence-electron chi connectivity index (χ3n) is 5.11. The molecule has 0 spiro atoms. The van der Waals surface area contributed by atoms with E-state index in [0.717, 1.165) is 24.4 Å². The van der Waals surface area contributed by atoms with Crippen LogP contribution in [-0.2, 0) is 11.2 Å². The van der Waals surface area contributed by atoms with Crippen molar-refractivity contribution in [1.29, 1.82) is 0 Å². The molecule has 154 valence electrons. The molecule has 0 aliphatic carbocycles. The maximum Gasteiger partial charge on any atom is 0.252 e. The Morgan fingerprint density at radius 3 is 2.72 bits per heavy atom. The van der Waals surface area contributed by atoms with Gasteiger partial charge in [-0.05, 0) is 49.1 Å². The molecule has 1 unspecified atom stereocenters. The molecular weight excluding hydrogens is 368 g/mol. The van der Waals surface area contributed by atoms with Crippen LogP contribution in [0, 0.1) is 0 Å². The Balaban J connectivity index is 1.49. The molecule has 1 fully saturated rings. The van der Waals surface area contributed by atoms with Crippen molar-refractivity contribution in [3.63, 3.8) is 0 Å². The number of methoxy groups -OCH3 is 1. The molecule has 2 amide bonds. The van der Waals surface area contributed by atoms with Gasteiger partial charge in [-0.1, -0.05) is 19.1 Å². The first-order valence-electron chi connectivity index (χ1n) is 10.0. The predicted octanol–water partition coefficient (Wildman–Crippen LogP) is 2.17. The van der Waals surface area contributed by atoms with Gasteiger partial charge in [0.15, 0.2) is 0 Å². The van der Waals surface area contributed by atoms with E-state index < -0.39 is 0 Å². The zero-order chi connectivity index (χ0) is 20.6. The maximum absolute atomic E-state index is 12.4. The van der Waals surface area contributed by atoms with E-state index in [-0.39, 0.29) is 17.9 Å². The number of aromatic nitrogens is 1. The summed E-state index contributed by atoms with van der Waals surface area (Å²) in [5.74, 6) is 1.46. The summed E-state index contributed by atoms with van der Waals surface area (Å²) in [7, 11) is 1.65. The lowest BCUT2D eigenvalue weighted by atomic mass is 10.1. The monoisotopic (exact) mass is 396 g/mol. The zero-order valence-corrected chi connectivity index (χ0v) is 17.0. The predicted molar refractivity (Wildman–Crippen MR) is 112 cm³/mol. The highest BCUT2D eigenvalue weighted by Gasteiger charge is 2.28. The van der Waals surface area contributed by atoms with E-state index in [2.05, 4.69) is 15.6 Å². The number of amides is 2. The molecule has 1 aliphatic rings. The van der Waals surface area contributed by atoms with E-state index in [1.165, 1.54) is 5.56 Å². The Labute approximate surface area is 171 Å². The van der Waals surface area contributed by atoms with E-state index in [9.17, 15) is 9.59 Å². The fourth-order valence-corrected chi connectivity index (χ4v) is 3.47. The second-order valence-electron chi connectivity index (χ2n) is 7.02. The molecule has 2 N–H and O–H groups in total. The Morgan fingerprint density at radius 1 is 1.28 bits per heavy atom. The minimum atomic E-state index is -0.214. The van der Waals surface area contributed by atoms with E-state index in [1.807, 2.05) is 42.2 Å². The number of carbonyl (C=O) groups excluding carboxylic acids is 2. The number of pyridine rings is 1. The lowest BCUT2D eigenvalue weighted by molar-refractivity contribution is -0.123. The van der Waals surface area contributed by atoms with Crippen molar-refractivity contribution in [3.8, 4) is 5.75 Å². The number of hydrogen-bond donors (Lipinski definition) is 2. The van der Waals surface area contributed by atoms with Crippen LogP contribution in [0.1, 0.15) is 35.7 Å². The molecule has 0 saturated carbocycles. The summed E-state index contributed by atoms with van der Waals surface area (Å²) in [6.45, 7) is 3.90. The number of nitrogens with zero attached hydrogens (tertiary/aromatic N) is 2. The van der Waals surface area contributed by atoms with Crippen LogP contribution in [-0.4, -0.2) is 49.6 Å². The number of nitrogens with one attached hydrogen (secondary N) is 2. The van der Waals surface area contributed by atoms with Crippen molar-refractivity contribution in [1.82, 2.24) is 15.6 Å². The van der Waals surface area contributed by atoms with Crippen molar-refractivity contribution in [2.24, 2.45) is 0 Å². The first-order chi connectivity index (χ1) is 14.1. The summed E-state index contributed by atoms with van der Waals surface area (Å²) in [6.07, 6.45) is 4.03. The summed E-state index contributed by atoms with van der Waals surface area (Å²) < 4.78 is 5.15. The molecule has 7 heteroatoms. The highest BCUT2D eigenvalue weighted by Crippen LogP contribution is 2.18. The third kappa shape index (κ3) is 5.25. The van der Waals surface area contributed by atoms with E-state index in [1.54, 1.807) is 19.4 Å². The average molecular weight is 396 g/mol. The number of hydrogen-bond acceptors (Lipinski definition) is 5. The van der Waals surface area contributed by atoms with Crippen molar-refractivity contribution >= 4 is 17.6 Å². The highest BCUT2D eigenvalue weighted by atomic mass is 16.5. The van der Waals surface area contributed by atoms with Crippen LogP contribution < -0.4 is 20.3 Å². The van der Waals surface area contributed by atoms with Crippen LogP contribution in [0.25, 0.3) is 0 Å². The summed E-state index contributed by atoms with van der Waals surface area (Å²) in [4.78, 5) is 30.8. The standard InChI is InChI=1S/C22H28N4O3/c1-3-19-22(28)24-13-14-26(19)20-11-8-17(15-25-20)21(27)23-12-4-5-16-6-9-18(29-2)10-7-16/h6-11,15,19H,3-5,12-14H2,1-2H3,(H,23,27)(H,24,28). The van der Waals surface area contributed by atoms with Crippen LogP contribution in [0.2, 0.25) is 0 Å². The topological polar surface area (TPSA) is 83.6 Å². The average Bonchev–Trinajstić information content (AvgIpc) is 2.77. The zero-order valence-electron chi connectivity index (χ0n) is 17.0. The van der Waals surface area contributed by atoms with Gasteiger partial charge in [0, 0.05) is 25.8 Å². The Morgan fingerprint density at radius 2 is 2.07 bits per heavy atom. The van der Waals surface area contributed by atoms with Crippen LogP contribution in [0.4, 0.5) is 5.82 Å². The van der Waals surface area contributed by atoms with Gasteiger partial charge < -0.3 is 20.3 Å². The highest BCUT2D eigenvalue weighted by molar-refractivity contribution is 5.94. The Kier molecular flexibility index (Phi) is 7.05. The molecular formula is C22H28N4O3. The van der Waals surface area contributed by atoms with Crippen molar-refractivity contribution in [2.45, 2.75) is 32.2 Å². The number of aryl methyl sites for hydroxylation is 1.